The quantitative estimate of drug-likeness (QED) is 0.511. The van der Waals surface area contributed by atoms with Crippen LogP contribution >= 0.6 is 11.6 Å². The van der Waals surface area contributed by atoms with Gasteiger partial charge in [0.25, 0.3) is 0 Å². The third-order valence-corrected chi connectivity index (χ3v) is 5.94. The molecule has 29 heavy (non-hydrogen) atoms. The SMILES string of the molecule is COc1cc(CNc2ccccc2C)cc(Cl)c1OS(=O)(=O)c1ccc(C)cc1. The van der Waals surface area contributed by atoms with E-state index in [1.807, 2.05) is 38.1 Å². The topological polar surface area (TPSA) is 64.6 Å². The third kappa shape index (κ3) is 5.02. The van der Waals surface area contributed by atoms with Crippen molar-refractivity contribution in [2.45, 2.75) is 25.3 Å². The van der Waals surface area contributed by atoms with Crippen molar-refractivity contribution in [3.05, 3.63) is 82.4 Å². The molecular formula is C22H22ClNO4S. The predicted octanol–water partition coefficient (Wildman–Crippen LogP) is 5.35. The molecule has 1 N–H and O–H groups in total. The second-order valence-corrected chi connectivity index (χ2v) is 8.58. The van der Waals surface area contributed by atoms with Crippen LogP contribution in [-0.2, 0) is 16.7 Å². The fourth-order valence-corrected chi connectivity index (χ4v) is 4.06. The number of para-hydroxylation sites is 1. The highest BCUT2D eigenvalue weighted by atomic mass is 35.5. The third-order valence-electron chi connectivity index (χ3n) is 4.42. The first-order valence-electron chi connectivity index (χ1n) is 8.97. The van der Waals surface area contributed by atoms with Crippen molar-refractivity contribution >= 4 is 27.4 Å². The standard InChI is InChI=1S/C22H22ClNO4S/c1-15-8-10-18(11-9-15)29(25,26)28-22-19(23)12-17(13-21(22)27-3)14-24-20-7-5-4-6-16(20)2/h4-13,24H,14H2,1-3H3. The molecule has 3 aromatic rings. The normalized spacial score (nSPS) is 11.2. The van der Waals surface area contributed by atoms with E-state index in [9.17, 15) is 8.42 Å². The zero-order chi connectivity index (χ0) is 21.0. The summed E-state index contributed by atoms with van der Waals surface area (Å²) in [5.41, 5.74) is 3.90. The molecule has 5 nitrogen and oxygen atoms in total. The summed E-state index contributed by atoms with van der Waals surface area (Å²) in [7, 11) is -2.60. The van der Waals surface area contributed by atoms with E-state index in [0.717, 1.165) is 22.4 Å². The average molecular weight is 432 g/mol. The Kier molecular flexibility index (Phi) is 6.35. The van der Waals surface area contributed by atoms with E-state index in [-0.39, 0.29) is 21.4 Å². The Morgan fingerprint density at radius 2 is 1.69 bits per heavy atom. The molecule has 0 aliphatic rings. The minimum atomic E-state index is -4.04. The molecule has 0 heterocycles. The van der Waals surface area contributed by atoms with Crippen molar-refractivity contribution in [1.82, 2.24) is 0 Å². The summed E-state index contributed by atoms with van der Waals surface area (Å²) in [6, 6.07) is 17.7. The van der Waals surface area contributed by atoms with Crippen LogP contribution in [0.1, 0.15) is 16.7 Å². The van der Waals surface area contributed by atoms with Gasteiger partial charge in [-0.05, 0) is 55.3 Å². The minimum Gasteiger partial charge on any atom is -0.493 e. The van der Waals surface area contributed by atoms with Gasteiger partial charge in [0.15, 0.2) is 5.75 Å². The van der Waals surface area contributed by atoms with Gasteiger partial charge in [-0.1, -0.05) is 47.5 Å². The second kappa shape index (κ2) is 8.76. The smallest absolute Gasteiger partial charge is 0.339 e. The van der Waals surface area contributed by atoms with Crippen LogP contribution in [-0.4, -0.2) is 15.5 Å². The lowest BCUT2D eigenvalue weighted by atomic mass is 10.1. The Morgan fingerprint density at radius 1 is 1.00 bits per heavy atom. The Hall–Kier alpha value is -2.70. The van der Waals surface area contributed by atoms with Crippen molar-refractivity contribution in [2.24, 2.45) is 0 Å². The minimum absolute atomic E-state index is 0.0330. The van der Waals surface area contributed by atoms with E-state index in [0.29, 0.717) is 6.54 Å². The molecule has 0 aliphatic carbocycles. The van der Waals surface area contributed by atoms with Crippen LogP contribution in [0, 0.1) is 13.8 Å². The number of benzene rings is 3. The van der Waals surface area contributed by atoms with E-state index >= 15 is 0 Å². The Labute approximate surface area is 176 Å². The summed E-state index contributed by atoms with van der Waals surface area (Å²) in [5.74, 6) is 0.212. The molecule has 0 aromatic heterocycles. The second-order valence-electron chi connectivity index (χ2n) is 6.63. The highest BCUT2D eigenvalue weighted by molar-refractivity contribution is 7.87. The number of hydrogen-bond acceptors (Lipinski definition) is 5. The number of ether oxygens (including phenoxy) is 1. The molecule has 0 unspecified atom stereocenters. The number of methoxy groups -OCH3 is 1. The fourth-order valence-electron chi connectivity index (χ4n) is 2.79. The molecule has 7 heteroatoms. The van der Waals surface area contributed by atoms with E-state index in [1.165, 1.54) is 19.2 Å². The van der Waals surface area contributed by atoms with Gasteiger partial charge in [0, 0.05) is 12.2 Å². The number of halogens is 1. The first-order chi connectivity index (χ1) is 13.8. The highest BCUT2D eigenvalue weighted by Crippen LogP contribution is 2.38. The van der Waals surface area contributed by atoms with Crippen molar-refractivity contribution in [3.63, 3.8) is 0 Å². The molecule has 152 valence electrons. The summed E-state index contributed by atoms with van der Waals surface area (Å²) in [4.78, 5) is 0.0477. The number of nitrogens with one attached hydrogen (secondary N) is 1. The van der Waals surface area contributed by atoms with Crippen molar-refractivity contribution in [1.29, 1.82) is 0 Å². The lowest BCUT2D eigenvalue weighted by Crippen LogP contribution is -2.11. The van der Waals surface area contributed by atoms with E-state index < -0.39 is 10.1 Å². The summed E-state index contributed by atoms with van der Waals surface area (Å²) in [5, 5.41) is 3.49. The van der Waals surface area contributed by atoms with Crippen molar-refractivity contribution in [3.8, 4) is 11.5 Å². The molecule has 0 bridgehead atoms. The maximum absolute atomic E-state index is 12.6. The number of hydrogen-bond donors (Lipinski definition) is 1. The van der Waals surface area contributed by atoms with Crippen molar-refractivity contribution in [2.75, 3.05) is 12.4 Å². The van der Waals surface area contributed by atoms with Gasteiger partial charge >= 0.3 is 10.1 Å². The van der Waals surface area contributed by atoms with Gasteiger partial charge in [0.1, 0.15) is 4.90 Å². The van der Waals surface area contributed by atoms with Crippen LogP contribution < -0.4 is 14.2 Å². The number of rotatable bonds is 7. The molecule has 0 amide bonds. The number of anilines is 1. The van der Waals surface area contributed by atoms with Crippen LogP contribution in [0.2, 0.25) is 5.02 Å². The molecule has 0 saturated carbocycles. The van der Waals surface area contributed by atoms with Crippen LogP contribution in [0.25, 0.3) is 0 Å². The molecule has 0 atom stereocenters. The van der Waals surface area contributed by atoms with Crippen LogP contribution in [0.3, 0.4) is 0 Å². The molecule has 0 aliphatic heterocycles. The summed E-state index contributed by atoms with van der Waals surface area (Å²) < 4.78 is 35.9. The lowest BCUT2D eigenvalue weighted by molar-refractivity contribution is 0.390. The first kappa shape index (κ1) is 21.0. The molecular weight excluding hydrogens is 410 g/mol. The van der Waals surface area contributed by atoms with Gasteiger partial charge in [-0.25, -0.2) is 0 Å². The Balaban J connectivity index is 1.85. The Bertz CT molecular complexity index is 1110. The van der Waals surface area contributed by atoms with Gasteiger partial charge in [0.2, 0.25) is 5.75 Å². The maximum Gasteiger partial charge on any atom is 0.339 e. The molecule has 3 rings (SSSR count). The number of aryl methyl sites for hydroxylation is 2. The van der Waals surface area contributed by atoms with Crippen LogP contribution in [0.4, 0.5) is 5.69 Å². The average Bonchev–Trinajstić information content (AvgIpc) is 2.69. The van der Waals surface area contributed by atoms with Gasteiger partial charge < -0.3 is 14.2 Å². The molecule has 0 fully saturated rings. The van der Waals surface area contributed by atoms with E-state index in [4.69, 9.17) is 20.5 Å². The zero-order valence-corrected chi connectivity index (χ0v) is 18.0. The largest absolute Gasteiger partial charge is 0.493 e. The molecule has 0 radical (unpaired) electrons. The van der Waals surface area contributed by atoms with Gasteiger partial charge in [-0.3, -0.25) is 0 Å². The van der Waals surface area contributed by atoms with E-state index in [1.54, 1.807) is 24.3 Å². The maximum atomic E-state index is 12.6. The van der Waals surface area contributed by atoms with Gasteiger partial charge in [-0.15, -0.1) is 0 Å². The Morgan fingerprint density at radius 3 is 2.34 bits per heavy atom. The predicted molar refractivity (Wildman–Crippen MR) is 116 cm³/mol. The highest BCUT2D eigenvalue weighted by Gasteiger charge is 2.22. The van der Waals surface area contributed by atoms with Crippen LogP contribution in [0.5, 0.6) is 11.5 Å². The van der Waals surface area contributed by atoms with Crippen LogP contribution in [0.15, 0.2) is 65.6 Å². The molecule has 3 aromatic carbocycles. The van der Waals surface area contributed by atoms with Crippen molar-refractivity contribution < 1.29 is 17.3 Å². The molecule has 0 spiro atoms. The summed E-state index contributed by atoms with van der Waals surface area (Å²) in [6.45, 7) is 4.38. The fraction of sp³-hybridized carbons (Fsp3) is 0.182. The lowest BCUT2D eigenvalue weighted by Gasteiger charge is -2.15. The monoisotopic (exact) mass is 431 g/mol. The van der Waals surface area contributed by atoms with E-state index in [2.05, 4.69) is 5.32 Å². The molecule has 0 saturated heterocycles. The summed E-state index contributed by atoms with van der Waals surface area (Å²) >= 11 is 6.35. The first-order valence-corrected chi connectivity index (χ1v) is 10.8. The van der Waals surface area contributed by atoms with Gasteiger partial charge in [0.05, 0.1) is 12.1 Å². The zero-order valence-electron chi connectivity index (χ0n) is 16.4. The summed E-state index contributed by atoms with van der Waals surface area (Å²) in [6.07, 6.45) is 0. The van der Waals surface area contributed by atoms with Gasteiger partial charge in [-0.2, -0.15) is 8.42 Å².